The molecule has 0 aliphatic carbocycles. The first-order valence-corrected chi connectivity index (χ1v) is 4.53. The maximum absolute atomic E-state index is 5.40. The van der Waals surface area contributed by atoms with Crippen molar-refractivity contribution in [2.45, 2.75) is 0 Å². The smallest absolute Gasteiger partial charge is 0.0704 e. The molecule has 1 nitrogen and oxygen atoms in total. The summed E-state index contributed by atoms with van der Waals surface area (Å²) in [6.45, 7) is 4.35. The number of nitrogens with two attached hydrogens (primary N) is 1. The van der Waals surface area contributed by atoms with Gasteiger partial charge in [0.05, 0.1) is 3.79 Å². The third-order valence-corrected chi connectivity index (χ3v) is 2.73. The van der Waals surface area contributed by atoms with Crippen molar-refractivity contribution in [2.75, 3.05) is 6.54 Å². The summed E-state index contributed by atoms with van der Waals surface area (Å²) in [5, 5.41) is 2.04. The van der Waals surface area contributed by atoms with Crippen molar-refractivity contribution in [3.05, 3.63) is 27.4 Å². The molecule has 0 amide bonds. The van der Waals surface area contributed by atoms with Gasteiger partial charge in [-0.15, -0.1) is 11.3 Å². The van der Waals surface area contributed by atoms with E-state index < -0.39 is 0 Å². The zero-order valence-electron chi connectivity index (χ0n) is 5.43. The van der Waals surface area contributed by atoms with E-state index in [1.165, 1.54) is 0 Å². The largest absolute Gasteiger partial charge is 0.326 e. The highest BCUT2D eigenvalue weighted by Crippen LogP contribution is 2.24. The molecule has 1 aromatic rings. The number of rotatable bonds is 2. The van der Waals surface area contributed by atoms with Gasteiger partial charge < -0.3 is 5.73 Å². The second kappa shape index (κ2) is 3.32. The maximum Gasteiger partial charge on any atom is 0.0704 e. The minimum Gasteiger partial charge on any atom is -0.326 e. The third-order valence-electron chi connectivity index (χ3n) is 1.22. The molecule has 0 aliphatic rings. The monoisotopic (exact) mass is 217 g/mol. The Balaban J connectivity index is 2.85. The van der Waals surface area contributed by atoms with Crippen molar-refractivity contribution in [1.29, 1.82) is 0 Å². The lowest BCUT2D eigenvalue weighted by molar-refractivity contribution is 1.28. The van der Waals surface area contributed by atoms with Crippen LogP contribution in [0.4, 0.5) is 0 Å². The van der Waals surface area contributed by atoms with Crippen LogP contribution in [0.2, 0.25) is 0 Å². The fourth-order valence-electron chi connectivity index (χ4n) is 0.613. The molecule has 0 bridgehead atoms. The Bertz CT molecular complexity index is 242. The van der Waals surface area contributed by atoms with Crippen molar-refractivity contribution >= 4 is 32.8 Å². The molecule has 0 saturated heterocycles. The average Bonchev–Trinajstić information content (AvgIpc) is 2.34. The van der Waals surface area contributed by atoms with Gasteiger partial charge in [0.1, 0.15) is 0 Å². The highest BCUT2D eigenvalue weighted by atomic mass is 79.9. The molecular formula is C7H8BrNS. The van der Waals surface area contributed by atoms with E-state index in [1.54, 1.807) is 11.3 Å². The van der Waals surface area contributed by atoms with E-state index in [-0.39, 0.29) is 0 Å². The molecule has 3 heteroatoms. The molecule has 0 atom stereocenters. The lowest BCUT2D eigenvalue weighted by Gasteiger charge is -1.94. The Kier molecular flexibility index (Phi) is 2.65. The van der Waals surface area contributed by atoms with Gasteiger partial charge in [0, 0.05) is 6.54 Å². The standard InChI is InChI=1S/C7H8BrNS/c1-5(3-9)6-2-7(8)10-4-6/h2,4H,1,3,9H2. The summed E-state index contributed by atoms with van der Waals surface area (Å²) in [7, 11) is 0. The van der Waals surface area contributed by atoms with E-state index in [4.69, 9.17) is 5.73 Å². The Morgan fingerprint density at radius 3 is 2.90 bits per heavy atom. The predicted octanol–water partition coefficient (Wildman–Crippen LogP) is 2.48. The average molecular weight is 218 g/mol. The summed E-state index contributed by atoms with van der Waals surface area (Å²) in [6, 6.07) is 2.03. The zero-order valence-corrected chi connectivity index (χ0v) is 7.83. The molecule has 0 fully saturated rings. The van der Waals surface area contributed by atoms with Gasteiger partial charge in [-0.3, -0.25) is 0 Å². The highest BCUT2D eigenvalue weighted by molar-refractivity contribution is 9.11. The van der Waals surface area contributed by atoms with Crippen LogP contribution in [0.15, 0.2) is 21.8 Å². The van der Waals surface area contributed by atoms with Crippen molar-refractivity contribution in [2.24, 2.45) is 5.73 Å². The first-order chi connectivity index (χ1) is 4.74. The number of thiophene rings is 1. The summed E-state index contributed by atoms with van der Waals surface area (Å²) in [5.41, 5.74) is 7.53. The topological polar surface area (TPSA) is 26.0 Å². The second-order valence-corrected chi connectivity index (χ2v) is 4.24. The summed E-state index contributed by atoms with van der Waals surface area (Å²) in [5.74, 6) is 0. The number of halogens is 1. The van der Waals surface area contributed by atoms with E-state index in [2.05, 4.69) is 22.5 Å². The van der Waals surface area contributed by atoms with Crippen molar-refractivity contribution in [3.8, 4) is 0 Å². The van der Waals surface area contributed by atoms with Gasteiger partial charge in [-0.25, -0.2) is 0 Å². The molecule has 10 heavy (non-hydrogen) atoms. The van der Waals surface area contributed by atoms with Gasteiger partial charge >= 0.3 is 0 Å². The van der Waals surface area contributed by atoms with Crippen LogP contribution in [-0.2, 0) is 0 Å². The van der Waals surface area contributed by atoms with Crippen LogP contribution in [0, 0.1) is 0 Å². The van der Waals surface area contributed by atoms with E-state index in [9.17, 15) is 0 Å². The summed E-state index contributed by atoms with van der Waals surface area (Å²) >= 11 is 5.01. The Labute approximate surface area is 72.7 Å². The maximum atomic E-state index is 5.40. The van der Waals surface area contributed by atoms with E-state index in [0.717, 1.165) is 14.9 Å². The second-order valence-electron chi connectivity index (χ2n) is 1.95. The molecule has 0 saturated carbocycles. The van der Waals surface area contributed by atoms with E-state index >= 15 is 0 Å². The Hall–Kier alpha value is -0.120. The quantitative estimate of drug-likeness (QED) is 0.810. The van der Waals surface area contributed by atoms with Crippen molar-refractivity contribution in [3.63, 3.8) is 0 Å². The normalized spacial score (nSPS) is 9.80. The summed E-state index contributed by atoms with van der Waals surface area (Å²) < 4.78 is 1.12. The third kappa shape index (κ3) is 1.68. The molecular weight excluding hydrogens is 210 g/mol. The molecule has 1 rings (SSSR count). The molecule has 0 spiro atoms. The van der Waals surface area contributed by atoms with Gasteiger partial charge in [-0.2, -0.15) is 0 Å². The van der Waals surface area contributed by atoms with Crippen LogP contribution in [-0.4, -0.2) is 6.54 Å². The molecule has 2 N–H and O–H groups in total. The van der Waals surface area contributed by atoms with Crippen LogP contribution >= 0.6 is 27.3 Å². The van der Waals surface area contributed by atoms with Crippen molar-refractivity contribution < 1.29 is 0 Å². The van der Waals surface area contributed by atoms with Crippen LogP contribution in [0.1, 0.15) is 5.56 Å². The summed E-state index contributed by atoms with van der Waals surface area (Å²) in [4.78, 5) is 0. The van der Waals surface area contributed by atoms with Crippen LogP contribution in [0.5, 0.6) is 0 Å². The highest BCUT2D eigenvalue weighted by Gasteiger charge is 1.98. The minimum atomic E-state index is 0.531. The SMILES string of the molecule is C=C(CN)c1csc(Br)c1. The minimum absolute atomic E-state index is 0.531. The molecule has 0 aromatic carbocycles. The molecule has 1 heterocycles. The lowest BCUT2D eigenvalue weighted by atomic mass is 10.2. The Morgan fingerprint density at radius 1 is 1.80 bits per heavy atom. The molecule has 0 aliphatic heterocycles. The first-order valence-electron chi connectivity index (χ1n) is 2.86. The fourth-order valence-corrected chi connectivity index (χ4v) is 1.81. The molecule has 0 radical (unpaired) electrons. The number of hydrogen-bond donors (Lipinski definition) is 1. The lowest BCUT2D eigenvalue weighted by Crippen LogP contribution is -1.99. The van der Waals surface area contributed by atoms with Gasteiger partial charge in [0.25, 0.3) is 0 Å². The summed E-state index contributed by atoms with van der Waals surface area (Å²) in [6.07, 6.45) is 0. The van der Waals surface area contributed by atoms with Gasteiger partial charge in [0.2, 0.25) is 0 Å². The zero-order chi connectivity index (χ0) is 7.56. The van der Waals surface area contributed by atoms with Crippen LogP contribution < -0.4 is 5.73 Å². The number of hydrogen-bond acceptors (Lipinski definition) is 2. The molecule has 1 aromatic heterocycles. The van der Waals surface area contributed by atoms with Gasteiger partial charge in [0.15, 0.2) is 0 Å². The van der Waals surface area contributed by atoms with E-state index in [0.29, 0.717) is 6.54 Å². The van der Waals surface area contributed by atoms with Crippen LogP contribution in [0.25, 0.3) is 5.57 Å². The van der Waals surface area contributed by atoms with Gasteiger partial charge in [-0.1, -0.05) is 6.58 Å². The van der Waals surface area contributed by atoms with Gasteiger partial charge in [-0.05, 0) is 38.5 Å². The molecule has 0 unspecified atom stereocenters. The van der Waals surface area contributed by atoms with Crippen LogP contribution in [0.3, 0.4) is 0 Å². The predicted molar refractivity (Wildman–Crippen MR) is 50.1 cm³/mol. The molecule has 54 valence electrons. The van der Waals surface area contributed by atoms with E-state index in [1.807, 2.05) is 11.4 Å². The van der Waals surface area contributed by atoms with Crippen molar-refractivity contribution in [1.82, 2.24) is 0 Å². The Morgan fingerprint density at radius 2 is 2.50 bits per heavy atom. The fraction of sp³-hybridized carbons (Fsp3) is 0.143. The first kappa shape index (κ1) is 7.98.